The maximum atomic E-state index is 12.5. The molecule has 7 nitrogen and oxygen atoms in total. The van der Waals surface area contributed by atoms with Crippen LogP contribution in [0.4, 0.5) is 13.2 Å². The van der Waals surface area contributed by atoms with Crippen molar-refractivity contribution in [3.63, 3.8) is 0 Å². The van der Waals surface area contributed by atoms with E-state index < -0.39 is 18.8 Å². The molecular formula is C17H13BrF3N3O4. The summed E-state index contributed by atoms with van der Waals surface area (Å²) in [6, 6.07) is 5.89. The van der Waals surface area contributed by atoms with Crippen molar-refractivity contribution in [2.75, 3.05) is 13.2 Å². The van der Waals surface area contributed by atoms with Crippen molar-refractivity contribution < 1.29 is 32.2 Å². The minimum absolute atomic E-state index is 0.120. The number of ether oxygens (including phenoxy) is 3. The molecule has 3 aromatic rings. The molecular weight excluding hydrogens is 447 g/mol. The van der Waals surface area contributed by atoms with E-state index in [1.54, 1.807) is 13.0 Å². The smallest absolute Gasteiger partial charge is 0.422 e. The third kappa shape index (κ3) is 4.91. The normalized spacial score (nSPS) is 11.5. The second-order valence-electron chi connectivity index (χ2n) is 5.44. The van der Waals surface area contributed by atoms with E-state index >= 15 is 0 Å². The van der Waals surface area contributed by atoms with Crippen LogP contribution in [0, 0.1) is 0 Å². The van der Waals surface area contributed by atoms with Gasteiger partial charge in [0.2, 0.25) is 0 Å². The number of nitrogens with zero attached hydrogens (tertiary/aromatic N) is 3. The van der Waals surface area contributed by atoms with Crippen LogP contribution in [0.1, 0.15) is 17.4 Å². The molecule has 0 saturated carbocycles. The van der Waals surface area contributed by atoms with Crippen LogP contribution in [-0.4, -0.2) is 40.0 Å². The molecule has 0 unspecified atom stereocenters. The van der Waals surface area contributed by atoms with Gasteiger partial charge in [-0.2, -0.15) is 18.3 Å². The molecule has 0 radical (unpaired) electrons. The van der Waals surface area contributed by atoms with Gasteiger partial charge in [-0.15, -0.1) is 0 Å². The van der Waals surface area contributed by atoms with Crippen LogP contribution in [0.5, 0.6) is 17.4 Å². The van der Waals surface area contributed by atoms with E-state index in [1.807, 2.05) is 0 Å². The molecule has 0 aliphatic rings. The highest BCUT2D eigenvalue weighted by atomic mass is 79.9. The number of pyridine rings is 2. The molecule has 11 heteroatoms. The minimum atomic E-state index is -4.50. The van der Waals surface area contributed by atoms with E-state index in [9.17, 15) is 18.0 Å². The summed E-state index contributed by atoms with van der Waals surface area (Å²) >= 11 is 3.13. The van der Waals surface area contributed by atoms with E-state index in [4.69, 9.17) is 14.2 Å². The van der Waals surface area contributed by atoms with Gasteiger partial charge in [-0.25, -0.2) is 14.3 Å². The van der Waals surface area contributed by atoms with Gasteiger partial charge in [0.25, 0.3) is 5.88 Å². The molecule has 0 aromatic carbocycles. The lowest BCUT2D eigenvalue weighted by Crippen LogP contribution is -2.19. The molecule has 0 aliphatic heterocycles. The summed E-state index contributed by atoms with van der Waals surface area (Å²) in [5, 5.41) is 4.08. The Hall–Kier alpha value is -2.82. The number of alkyl halides is 3. The Balaban J connectivity index is 1.85. The Bertz CT molecular complexity index is 1010. The van der Waals surface area contributed by atoms with Crippen molar-refractivity contribution in [1.29, 1.82) is 0 Å². The molecule has 148 valence electrons. The zero-order valence-electron chi connectivity index (χ0n) is 14.4. The van der Waals surface area contributed by atoms with Crippen LogP contribution in [0.2, 0.25) is 0 Å². The monoisotopic (exact) mass is 459 g/mol. The molecule has 28 heavy (non-hydrogen) atoms. The van der Waals surface area contributed by atoms with Crippen LogP contribution >= 0.6 is 15.9 Å². The van der Waals surface area contributed by atoms with Gasteiger partial charge in [0, 0.05) is 29.0 Å². The lowest BCUT2D eigenvalue weighted by Gasteiger charge is -2.13. The predicted molar refractivity (Wildman–Crippen MR) is 94.7 cm³/mol. The maximum absolute atomic E-state index is 12.5. The molecule has 0 aliphatic carbocycles. The van der Waals surface area contributed by atoms with Gasteiger partial charge in [0.15, 0.2) is 18.1 Å². The second-order valence-corrected chi connectivity index (χ2v) is 6.36. The Morgan fingerprint density at radius 2 is 2.07 bits per heavy atom. The van der Waals surface area contributed by atoms with Crippen LogP contribution in [0.3, 0.4) is 0 Å². The van der Waals surface area contributed by atoms with Crippen molar-refractivity contribution in [3.05, 3.63) is 46.8 Å². The number of esters is 1. The van der Waals surface area contributed by atoms with Gasteiger partial charge in [0.1, 0.15) is 5.75 Å². The molecule has 0 spiro atoms. The van der Waals surface area contributed by atoms with Crippen molar-refractivity contribution in [2.24, 2.45) is 0 Å². The number of hydrogen-bond acceptors (Lipinski definition) is 6. The summed E-state index contributed by atoms with van der Waals surface area (Å²) in [7, 11) is 0. The Kier molecular flexibility index (Phi) is 5.73. The third-order valence-electron chi connectivity index (χ3n) is 3.31. The van der Waals surface area contributed by atoms with E-state index in [0.717, 1.165) is 0 Å². The highest BCUT2D eigenvalue weighted by molar-refractivity contribution is 9.10. The molecule has 0 bridgehead atoms. The van der Waals surface area contributed by atoms with Gasteiger partial charge in [0.05, 0.1) is 12.1 Å². The van der Waals surface area contributed by atoms with Crippen LogP contribution in [0.25, 0.3) is 5.52 Å². The Morgan fingerprint density at radius 1 is 1.29 bits per heavy atom. The number of carbonyl (C=O) groups excluding carboxylic acids is 1. The summed E-state index contributed by atoms with van der Waals surface area (Å²) in [6.07, 6.45) is -1.60. The number of carbonyl (C=O) groups is 1. The van der Waals surface area contributed by atoms with Gasteiger partial charge < -0.3 is 14.2 Å². The first-order valence-corrected chi connectivity index (χ1v) is 8.74. The molecule has 3 heterocycles. The van der Waals surface area contributed by atoms with Gasteiger partial charge in [-0.1, -0.05) is 0 Å². The molecule has 3 aromatic heterocycles. The van der Waals surface area contributed by atoms with Crippen molar-refractivity contribution >= 4 is 27.4 Å². The Labute approximate surface area is 165 Å². The minimum Gasteiger partial charge on any atom is -0.478 e. The van der Waals surface area contributed by atoms with Crippen molar-refractivity contribution in [3.8, 4) is 17.4 Å². The Morgan fingerprint density at radius 3 is 2.79 bits per heavy atom. The first-order valence-electron chi connectivity index (χ1n) is 7.94. The third-order valence-corrected chi connectivity index (χ3v) is 3.74. The average Bonchev–Trinajstić information content (AvgIpc) is 3.05. The maximum Gasteiger partial charge on any atom is 0.422 e. The summed E-state index contributed by atoms with van der Waals surface area (Å²) in [5.41, 5.74) is 0.644. The lowest BCUT2D eigenvalue weighted by atomic mass is 10.3. The summed E-state index contributed by atoms with van der Waals surface area (Å²) in [5.74, 6) is -0.602. The second kappa shape index (κ2) is 8.05. The molecule has 0 amide bonds. The van der Waals surface area contributed by atoms with Crippen molar-refractivity contribution in [1.82, 2.24) is 14.6 Å². The fraction of sp³-hybridized carbons (Fsp3) is 0.235. The first kappa shape index (κ1) is 19.9. The largest absolute Gasteiger partial charge is 0.478 e. The van der Waals surface area contributed by atoms with Gasteiger partial charge in [-0.3, -0.25) is 0 Å². The number of fused-ring (bicyclic) bond motifs is 1. The molecule has 0 N–H and O–H groups in total. The molecule has 3 rings (SSSR count). The van der Waals surface area contributed by atoms with E-state index in [0.29, 0.717) is 9.99 Å². The van der Waals surface area contributed by atoms with E-state index in [2.05, 4.69) is 26.0 Å². The zero-order valence-corrected chi connectivity index (χ0v) is 16.0. The van der Waals surface area contributed by atoms with E-state index in [1.165, 1.54) is 35.1 Å². The summed E-state index contributed by atoms with van der Waals surface area (Å²) < 4.78 is 54.5. The van der Waals surface area contributed by atoms with Crippen molar-refractivity contribution in [2.45, 2.75) is 13.1 Å². The SMILES string of the molecule is CCOC(=O)c1cc2cc(Oc3ncc(Br)cc3OCC(F)(F)F)ccn2n1. The number of halogens is 4. The van der Waals surface area contributed by atoms with E-state index in [-0.39, 0.29) is 29.7 Å². The highest BCUT2D eigenvalue weighted by Crippen LogP contribution is 2.33. The lowest BCUT2D eigenvalue weighted by molar-refractivity contribution is -0.153. The summed E-state index contributed by atoms with van der Waals surface area (Å²) in [6.45, 7) is 0.423. The van der Waals surface area contributed by atoms with Crippen LogP contribution < -0.4 is 9.47 Å². The number of rotatable bonds is 6. The zero-order chi connectivity index (χ0) is 20.3. The van der Waals surface area contributed by atoms with Gasteiger partial charge >= 0.3 is 12.1 Å². The molecule has 0 fully saturated rings. The van der Waals surface area contributed by atoms with Crippen LogP contribution in [-0.2, 0) is 4.74 Å². The molecule has 0 saturated heterocycles. The quantitative estimate of drug-likeness (QED) is 0.508. The predicted octanol–water partition coefficient (Wildman–Crippen LogP) is 4.40. The van der Waals surface area contributed by atoms with Gasteiger partial charge in [-0.05, 0) is 35.0 Å². The van der Waals surface area contributed by atoms with Crippen LogP contribution in [0.15, 0.2) is 41.1 Å². The number of aromatic nitrogens is 3. The first-order chi connectivity index (χ1) is 13.2. The average molecular weight is 460 g/mol. The standard InChI is InChI=1S/C17H13BrF3N3O4/c1-2-26-16(25)13-7-11-6-12(3-4-24(11)23-13)28-15-14(5-10(18)8-22-15)27-9-17(19,20)21/h3-8H,2,9H2,1H3. The fourth-order valence-electron chi connectivity index (χ4n) is 2.20. The number of hydrogen-bond donors (Lipinski definition) is 0. The topological polar surface area (TPSA) is 75.0 Å². The fourth-order valence-corrected chi connectivity index (χ4v) is 2.51. The summed E-state index contributed by atoms with van der Waals surface area (Å²) in [4.78, 5) is 15.7. The highest BCUT2D eigenvalue weighted by Gasteiger charge is 2.29. The molecule has 0 atom stereocenters.